The quantitative estimate of drug-likeness (QED) is 0.335. The molecular weight excluding hydrogens is 202 g/mol. The number of rotatable bonds is 3. The van der Waals surface area contributed by atoms with Gasteiger partial charge in [0.15, 0.2) is 0 Å². The van der Waals surface area contributed by atoms with Gasteiger partial charge in [0.2, 0.25) is 0 Å². The zero-order valence-electron chi connectivity index (χ0n) is 10.9. The highest BCUT2D eigenvalue weighted by molar-refractivity contribution is 5.80. The number of oxime groups is 1. The Kier molecular flexibility index (Phi) is 4.19. The van der Waals surface area contributed by atoms with Crippen molar-refractivity contribution in [3.8, 4) is 0 Å². The Morgan fingerprint density at radius 1 is 1.56 bits per heavy atom. The lowest BCUT2D eigenvalue weighted by molar-refractivity contribution is 0.203. The van der Waals surface area contributed by atoms with Crippen LogP contribution in [0.3, 0.4) is 0 Å². The summed E-state index contributed by atoms with van der Waals surface area (Å²) in [6.45, 7) is 11.3. The second-order valence-electron chi connectivity index (χ2n) is 5.99. The van der Waals surface area contributed by atoms with Crippen molar-refractivity contribution in [2.75, 3.05) is 13.1 Å². The molecule has 3 N–H and O–H groups in total. The number of nitrogens with zero attached hydrogens (tertiary/aromatic N) is 2. The van der Waals surface area contributed by atoms with Gasteiger partial charge in [0.25, 0.3) is 0 Å². The molecule has 16 heavy (non-hydrogen) atoms. The summed E-state index contributed by atoms with van der Waals surface area (Å²) in [5.41, 5.74) is 5.92. The van der Waals surface area contributed by atoms with Crippen molar-refractivity contribution < 1.29 is 5.21 Å². The molecule has 0 aromatic heterocycles. The molecule has 1 saturated heterocycles. The van der Waals surface area contributed by atoms with Gasteiger partial charge in [-0.2, -0.15) is 0 Å². The van der Waals surface area contributed by atoms with Gasteiger partial charge in [-0.15, -0.1) is 0 Å². The average molecular weight is 227 g/mol. The van der Waals surface area contributed by atoms with Gasteiger partial charge < -0.3 is 10.9 Å². The molecule has 0 aliphatic carbocycles. The van der Waals surface area contributed by atoms with Gasteiger partial charge in [-0.25, -0.2) is 0 Å². The molecule has 1 heterocycles. The Morgan fingerprint density at radius 3 is 2.62 bits per heavy atom. The van der Waals surface area contributed by atoms with Crippen LogP contribution in [0.5, 0.6) is 0 Å². The van der Waals surface area contributed by atoms with Crippen LogP contribution in [0.15, 0.2) is 5.16 Å². The van der Waals surface area contributed by atoms with Crippen LogP contribution >= 0.6 is 0 Å². The van der Waals surface area contributed by atoms with Crippen LogP contribution < -0.4 is 5.73 Å². The van der Waals surface area contributed by atoms with Crippen molar-refractivity contribution in [1.29, 1.82) is 0 Å². The minimum atomic E-state index is 0.326. The van der Waals surface area contributed by atoms with E-state index in [1.807, 2.05) is 0 Å². The van der Waals surface area contributed by atoms with Crippen LogP contribution in [0.2, 0.25) is 0 Å². The molecule has 4 heteroatoms. The van der Waals surface area contributed by atoms with Gasteiger partial charge in [0.05, 0.1) is 0 Å². The lowest BCUT2D eigenvalue weighted by Crippen LogP contribution is -2.35. The second kappa shape index (κ2) is 5.04. The number of hydrogen-bond acceptors (Lipinski definition) is 3. The molecule has 0 bridgehead atoms. The lowest BCUT2D eigenvalue weighted by Gasteiger charge is -2.29. The Balaban J connectivity index is 2.47. The van der Waals surface area contributed by atoms with E-state index in [0.717, 1.165) is 19.0 Å². The molecule has 1 aliphatic rings. The van der Waals surface area contributed by atoms with Crippen LogP contribution in [0.1, 0.15) is 40.5 Å². The fourth-order valence-corrected chi connectivity index (χ4v) is 2.37. The fraction of sp³-hybridized carbons (Fsp3) is 0.917. The highest BCUT2D eigenvalue weighted by atomic mass is 16.4. The highest BCUT2D eigenvalue weighted by Gasteiger charge is 2.33. The van der Waals surface area contributed by atoms with E-state index in [1.165, 1.54) is 6.42 Å². The molecule has 0 radical (unpaired) electrons. The third kappa shape index (κ3) is 3.37. The summed E-state index contributed by atoms with van der Waals surface area (Å²) in [6.07, 6.45) is 1.90. The van der Waals surface area contributed by atoms with Crippen molar-refractivity contribution in [3.05, 3.63) is 0 Å². The highest BCUT2D eigenvalue weighted by Crippen LogP contribution is 2.34. The Hall–Kier alpha value is -0.770. The van der Waals surface area contributed by atoms with E-state index < -0.39 is 0 Å². The van der Waals surface area contributed by atoms with Crippen molar-refractivity contribution in [2.24, 2.45) is 22.2 Å². The van der Waals surface area contributed by atoms with Gasteiger partial charge in [-0.05, 0) is 31.2 Å². The molecule has 1 fully saturated rings. The Labute approximate surface area is 98.5 Å². The fourth-order valence-electron chi connectivity index (χ4n) is 2.37. The molecular formula is C12H25N3O. The summed E-state index contributed by atoms with van der Waals surface area (Å²) >= 11 is 0. The molecule has 2 atom stereocenters. The summed E-state index contributed by atoms with van der Waals surface area (Å²) in [7, 11) is 0. The first-order chi connectivity index (χ1) is 7.34. The van der Waals surface area contributed by atoms with Crippen LogP contribution in [-0.4, -0.2) is 35.1 Å². The molecule has 0 spiro atoms. The molecule has 0 aromatic carbocycles. The summed E-state index contributed by atoms with van der Waals surface area (Å²) < 4.78 is 0. The molecule has 94 valence electrons. The number of amidine groups is 1. The monoisotopic (exact) mass is 227 g/mol. The third-order valence-electron chi connectivity index (χ3n) is 3.70. The van der Waals surface area contributed by atoms with Gasteiger partial charge in [-0.1, -0.05) is 25.9 Å². The number of nitrogens with two attached hydrogens (primary N) is 1. The predicted octanol–water partition coefficient (Wildman–Crippen LogP) is 1.88. The molecule has 0 aromatic rings. The lowest BCUT2D eigenvalue weighted by atomic mass is 9.80. The van der Waals surface area contributed by atoms with Crippen molar-refractivity contribution in [2.45, 2.75) is 46.6 Å². The number of likely N-dealkylation sites (tertiary alicyclic amines) is 1. The first kappa shape index (κ1) is 13.3. The minimum Gasteiger partial charge on any atom is -0.409 e. The van der Waals surface area contributed by atoms with Gasteiger partial charge in [0.1, 0.15) is 5.84 Å². The second-order valence-corrected chi connectivity index (χ2v) is 5.99. The van der Waals surface area contributed by atoms with Crippen LogP contribution in [0, 0.1) is 11.3 Å². The van der Waals surface area contributed by atoms with Crippen LogP contribution in [0.4, 0.5) is 0 Å². The first-order valence-corrected chi connectivity index (χ1v) is 6.05. The maximum Gasteiger partial charge on any atom is 0.140 e. The standard InChI is InChI=1S/C12H25N3O/c1-9(7-11(13)14-16)15-6-5-10(8-15)12(2,3)4/h9-10,16H,5-8H2,1-4H3,(H2,13,14). The third-order valence-corrected chi connectivity index (χ3v) is 3.70. The smallest absolute Gasteiger partial charge is 0.140 e. The maximum absolute atomic E-state index is 8.55. The van der Waals surface area contributed by atoms with Crippen molar-refractivity contribution in [3.63, 3.8) is 0 Å². The van der Waals surface area contributed by atoms with Crippen molar-refractivity contribution >= 4 is 5.84 Å². The van der Waals surface area contributed by atoms with Gasteiger partial charge in [0, 0.05) is 19.0 Å². The molecule has 1 aliphatic heterocycles. The van der Waals surface area contributed by atoms with Crippen molar-refractivity contribution in [1.82, 2.24) is 4.90 Å². The summed E-state index contributed by atoms with van der Waals surface area (Å²) in [4.78, 5) is 2.44. The minimum absolute atomic E-state index is 0.326. The average Bonchev–Trinajstić information content (AvgIpc) is 2.65. The van der Waals surface area contributed by atoms with E-state index in [-0.39, 0.29) is 0 Å². The van der Waals surface area contributed by atoms with E-state index in [1.54, 1.807) is 0 Å². The predicted molar refractivity (Wildman–Crippen MR) is 66.6 cm³/mol. The molecule has 1 rings (SSSR count). The summed E-state index contributed by atoms with van der Waals surface area (Å²) in [5.74, 6) is 1.08. The van der Waals surface area contributed by atoms with E-state index in [9.17, 15) is 0 Å². The SMILES string of the molecule is CC(CC(N)=NO)N1CCC(C(C)(C)C)C1. The zero-order valence-corrected chi connectivity index (χ0v) is 10.9. The van der Waals surface area contributed by atoms with E-state index in [0.29, 0.717) is 23.7 Å². The maximum atomic E-state index is 8.55. The van der Waals surface area contributed by atoms with E-state index in [4.69, 9.17) is 10.9 Å². The van der Waals surface area contributed by atoms with Gasteiger partial charge in [-0.3, -0.25) is 4.90 Å². The van der Waals surface area contributed by atoms with Gasteiger partial charge >= 0.3 is 0 Å². The molecule has 2 unspecified atom stereocenters. The number of hydrogen-bond donors (Lipinski definition) is 2. The zero-order chi connectivity index (χ0) is 12.3. The summed E-state index contributed by atoms with van der Waals surface area (Å²) in [6, 6.07) is 0.364. The van der Waals surface area contributed by atoms with Crippen LogP contribution in [-0.2, 0) is 0 Å². The Bertz CT molecular complexity index is 257. The molecule has 0 saturated carbocycles. The summed E-state index contributed by atoms with van der Waals surface area (Å²) in [5, 5.41) is 11.6. The largest absolute Gasteiger partial charge is 0.409 e. The molecule has 4 nitrogen and oxygen atoms in total. The Morgan fingerprint density at radius 2 is 2.19 bits per heavy atom. The first-order valence-electron chi connectivity index (χ1n) is 6.05. The topological polar surface area (TPSA) is 61.9 Å². The van der Waals surface area contributed by atoms with E-state index in [2.05, 4.69) is 37.8 Å². The normalized spacial score (nSPS) is 26.0. The van der Waals surface area contributed by atoms with Crippen LogP contribution in [0.25, 0.3) is 0 Å². The van der Waals surface area contributed by atoms with E-state index >= 15 is 0 Å². The molecule has 0 amide bonds.